The third-order valence-corrected chi connectivity index (χ3v) is 2.57. The molecule has 104 valence electrons. The van der Waals surface area contributed by atoms with Gasteiger partial charge in [0, 0.05) is 23.4 Å². The number of halogens is 1. The first-order valence-electron chi connectivity index (χ1n) is 5.95. The molecular formula is C13H17FN2O3. The van der Waals surface area contributed by atoms with Crippen LogP contribution in [0.4, 0.5) is 10.1 Å². The normalized spacial score (nSPS) is 10.1. The molecule has 0 heterocycles. The first kappa shape index (κ1) is 14.9. The molecule has 0 atom stereocenters. The molecule has 1 rings (SSSR count). The molecule has 0 aliphatic rings. The minimum absolute atomic E-state index is 0.0728. The van der Waals surface area contributed by atoms with Crippen LogP contribution >= 0.6 is 0 Å². The average molecular weight is 268 g/mol. The van der Waals surface area contributed by atoms with Crippen LogP contribution in [0.3, 0.4) is 0 Å². The van der Waals surface area contributed by atoms with Gasteiger partial charge in [0.15, 0.2) is 0 Å². The summed E-state index contributed by atoms with van der Waals surface area (Å²) in [5.41, 5.74) is 6.24. The number of amides is 1. The van der Waals surface area contributed by atoms with Crippen molar-refractivity contribution in [2.24, 2.45) is 0 Å². The predicted octanol–water partition coefficient (Wildman–Crippen LogP) is 1.40. The molecule has 1 amide bonds. The number of hydrogen-bond acceptors (Lipinski definition) is 4. The molecule has 0 unspecified atom stereocenters. The second kappa shape index (κ2) is 6.72. The molecule has 0 aliphatic carbocycles. The van der Waals surface area contributed by atoms with Gasteiger partial charge in [0.05, 0.1) is 13.0 Å². The lowest BCUT2D eigenvalue weighted by Crippen LogP contribution is -2.26. The zero-order valence-corrected chi connectivity index (χ0v) is 11.0. The maximum atomic E-state index is 13.4. The Labute approximate surface area is 110 Å². The summed E-state index contributed by atoms with van der Waals surface area (Å²) in [6, 6.07) is 2.52. The summed E-state index contributed by atoms with van der Waals surface area (Å²) in [6.45, 7) is 3.67. The van der Waals surface area contributed by atoms with E-state index in [0.29, 0.717) is 12.2 Å². The van der Waals surface area contributed by atoms with E-state index in [2.05, 4.69) is 5.32 Å². The van der Waals surface area contributed by atoms with Crippen molar-refractivity contribution in [2.75, 3.05) is 18.9 Å². The van der Waals surface area contributed by atoms with Crippen LogP contribution in [0.1, 0.15) is 29.3 Å². The van der Waals surface area contributed by atoms with Crippen molar-refractivity contribution in [1.29, 1.82) is 0 Å². The number of nitrogen functional groups attached to an aromatic ring is 1. The van der Waals surface area contributed by atoms with Gasteiger partial charge in [-0.3, -0.25) is 9.59 Å². The maximum absolute atomic E-state index is 13.4. The van der Waals surface area contributed by atoms with Crippen molar-refractivity contribution in [3.8, 4) is 0 Å². The molecule has 1 aromatic carbocycles. The van der Waals surface area contributed by atoms with Gasteiger partial charge in [-0.1, -0.05) is 0 Å². The van der Waals surface area contributed by atoms with Crippen LogP contribution in [0, 0.1) is 12.7 Å². The summed E-state index contributed by atoms with van der Waals surface area (Å²) in [5.74, 6) is -1.40. The number of nitrogens with one attached hydrogen (secondary N) is 1. The highest BCUT2D eigenvalue weighted by Crippen LogP contribution is 2.17. The van der Waals surface area contributed by atoms with Crippen LogP contribution < -0.4 is 11.1 Å². The van der Waals surface area contributed by atoms with Crippen LogP contribution in [0.5, 0.6) is 0 Å². The van der Waals surface area contributed by atoms with Gasteiger partial charge in [-0.05, 0) is 26.0 Å². The van der Waals surface area contributed by atoms with Crippen LogP contribution in [0.2, 0.25) is 0 Å². The molecule has 0 saturated heterocycles. The first-order chi connectivity index (χ1) is 8.95. The zero-order chi connectivity index (χ0) is 14.4. The number of carbonyl (C=O) groups excluding carboxylic acids is 2. The summed E-state index contributed by atoms with van der Waals surface area (Å²) in [4.78, 5) is 22.8. The highest BCUT2D eigenvalue weighted by molar-refractivity contribution is 5.95. The summed E-state index contributed by atoms with van der Waals surface area (Å²) in [6.07, 6.45) is 0.0728. The molecule has 3 N–H and O–H groups in total. The molecule has 0 bridgehead atoms. The largest absolute Gasteiger partial charge is 0.466 e. The number of benzene rings is 1. The molecular weight excluding hydrogens is 251 g/mol. The molecule has 0 fully saturated rings. The molecule has 0 saturated carbocycles. The highest BCUT2D eigenvalue weighted by atomic mass is 19.1. The van der Waals surface area contributed by atoms with Crippen molar-refractivity contribution in [1.82, 2.24) is 5.32 Å². The Morgan fingerprint density at radius 1 is 1.42 bits per heavy atom. The van der Waals surface area contributed by atoms with Crippen LogP contribution in [0.15, 0.2) is 12.1 Å². The lowest BCUT2D eigenvalue weighted by Gasteiger charge is -2.08. The molecule has 6 heteroatoms. The third kappa shape index (κ3) is 4.24. The van der Waals surface area contributed by atoms with Gasteiger partial charge < -0.3 is 15.8 Å². The van der Waals surface area contributed by atoms with E-state index in [-0.39, 0.29) is 24.2 Å². The number of rotatable bonds is 5. The molecule has 0 aromatic heterocycles. The molecule has 5 nitrogen and oxygen atoms in total. The number of ether oxygens (including phenoxy) is 1. The molecule has 0 radical (unpaired) electrons. The summed E-state index contributed by atoms with van der Waals surface area (Å²) in [5, 5.41) is 2.50. The average Bonchev–Trinajstić information content (AvgIpc) is 2.35. The van der Waals surface area contributed by atoms with Gasteiger partial charge in [0.1, 0.15) is 5.82 Å². The van der Waals surface area contributed by atoms with Gasteiger partial charge in [0.25, 0.3) is 5.91 Å². The van der Waals surface area contributed by atoms with Crippen LogP contribution in [-0.2, 0) is 9.53 Å². The van der Waals surface area contributed by atoms with E-state index in [1.165, 1.54) is 13.0 Å². The van der Waals surface area contributed by atoms with E-state index in [9.17, 15) is 14.0 Å². The van der Waals surface area contributed by atoms with Gasteiger partial charge in [-0.15, -0.1) is 0 Å². The van der Waals surface area contributed by atoms with E-state index in [1.807, 2.05) is 0 Å². The van der Waals surface area contributed by atoms with Crippen molar-refractivity contribution in [2.45, 2.75) is 20.3 Å². The summed E-state index contributed by atoms with van der Waals surface area (Å²) in [7, 11) is 0. The zero-order valence-electron chi connectivity index (χ0n) is 11.0. The summed E-state index contributed by atoms with van der Waals surface area (Å²) >= 11 is 0. The SMILES string of the molecule is CCOC(=O)CCNC(=O)c1cc(N)c(C)c(F)c1. The highest BCUT2D eigenvalue weighted by Gasteiger charge is 2.11. The Kier molecular flexibility index (Phi) is 5.29. The van der Waals surface area contributed by atoms with E-state index in [1.54, 1.807) is 6.92 Å². The number of carbonyl (C=O) groups is 2. The van der Waals surface area contributed by atoms with Crippen molar-refractivity contribution >= 4 is 17.6 Å². The molecule has 1 aromatic rings. The topological polar surface area (TPSA) is 81.4 Å². The Hall–Kier alpha value is -2.11. The van der Waals surface area contributed by atoms with Crippen molar-refractivity contribution in [3.63, 3.8) is 0 Å². The fourth-order valence-corrected chi connectivity index (χ4v) is 1.44. The number of anilines is 1. The Bertz CT molecular complexity index is 466. The van der Waals surface area contributed by atoms with Crippen molar-refractivity contribution in [3.05, 3.63) is 29.1 Å². The quantitative estimate of drug-likeness (QED) is 0.624. The van der Waals surface area contributed by atoms with E-state index >= 15 is 0 Å². The van der Waals surface area contributed by atoms with Crippen LogP contribution in [-0.4, -0.2) is 25.0 Å². The fourth-order valence-electron chi connectivity index (χ4n) is 1.44. The lowest BCUT2D eigenvalue weighted by atomic mass is 10.1. The Balaban J connectivity index is 2.57. The standard InChI is InChI=1S/C13H17FN2O3/c1-3-19-12(17)4-5-16-13(18)9-6-10(14)8(2)11(15)7-9/h6-7H,3-5,15H2,1-2H3,(H,16,18). The van der Waals surface area contributed by atoms with Gasteiger partial charge >= 0.3 is 5.97 Å². The monoisotopic (exact) mass is 268 g/mol. The molecule has 0 aliphatic heterocycles. The van der Waals surface area contributed by atoms with Gasteiger partial charge in [-0.2, -0.15) is 0 Å². The first-order valence-corrected chi connectivity index (χ1v) is 5.95. The molecule has 19 heavy (non-hydrogen) atoms. The smallest absolute Gasteiger partial charge is 0.307 e. The van der Waals surface area contributed by atoms with Crippen molar-refractivity contribution < 1.29 is 18.7 Å². The van der Waals surface area contributed by atoms with Gasteiger partial charge in [0.2, 0.25) is 0 Å². The van der Waals surface area contributed by atoms with E-state index < -0.39 is 17.7 Å². The second-order valence-corrected chi connectivity index (χ2v) is 3.98. The fraction of sp³-hybridized carbons (Fsp3) is 0.385. The Morgan fingerprint density at radius 3 is 2.68 bits per heavy atom. The second-order valence-electron chi connectivity index (χ2n) is 3.98. The minimum Gasteiger partial charge on any atom is -0.466 e. The number of esters is 1. The number of nitrogens with two attached hydrogens (primary N) is 1. The summed E-state index contributed by atoms with van der Waals surface area (Å²) < 4.78 is 18.1. The van der Waals surface area contributed by atoms with Crippen LogP contribution in [0.25, 0.3) is 0 Å². The number of hydrogen-bond donors (Lipinski definition) is 2. The third-order valence-electron chi connectivity index (χ3n) is 2.57. The Morgan fingerprint density at radius 2 is 2.11 bits per heavy atom. The van der Waals surface area contributed by atoms with E-state index in [0.717, 1.165) is 6.07 Å². The van der Waals surface area contributed by atoms with E-state index in [4.69, 9.17) is 10.5 Å². The molecule has 0 spiro atoms. The maximum Gasteiger partial charge on any atom is 0.307 e. The predicted molar refractivity (Wildman–Crippen MR) is 69.1 cm³/mol. The lowest BCUT2D eigenvalue weighted by molar-refractivity contribution is -0.142. The minimum atomic E-state index is -0.532. The van der Waals surface area contributed by atoms with Gasteiger partial charge in [-0.25, -0.2) is 4.39 Å².